The Bertz CT molecular complexity index is 475. The molecule has 1 aliphatic rings. The zero-order chi connectivity index (χ0) is 13.0. The summed E-state index contributed by atoms with van der Waals surface area (Å²) in [5.41, 5.74) is 0.709. The molecule has 2 heterocycles. The molecule has 1 aromatic rings. The molecule has 5 heteroatoms. The second kappa shape index (κ2) is 5.82. The van der Waals surface area contributed by atoms with Gasteiger partial charge in [0.2, 0.25) is 0 Å². The largest absolute Gasteiger partial charge is 0.364 e. The molecule has 0 unspecified atom stereocenters. The maximum Gasteiger partial charge on any atom is 0.256 e. The molecule has 0 aliphatic carbocycles. The Labute approximate surface area is 106 Å². The van der Waals surface area contributed by atoms with Crippen molar-refractivity contribution in [3.8, 4) is 0 Å². The molecule has 0 radical (unpaired) electrons. The molecule has 98 valence electrons. The molecule has 2 rings (SSSR count). The van der Waals surface area contributed by atoms with Crippen LogP contribution in [0, 0.1) is 6.92 Å². The maximum atomic E-state index is 11.8. The number of likely N-dealkylation sites (tertiary alicyclic amines) is 1. The smallest absolute Gasteiger partial charge is 0.256 e. The molecule has 18 heavy (non-hydrogen) atoms. The summed E-state index contributed by atoms with van der Waals surface area (Å²) in [7, 11) is 0. The number of aryl methyl sites for hydroxylation is 1. The number of aromatic nitrogens is 1. The fourth-order valence-electron chi connectivity index (χ4n) is 2.18. The van der Waals surface area contributed by atoms with E-state index >= 15 is 0 Å². The number of aromatic amines is 1. The van der Waals surface area contributed by atoms with Crippen molar-refractivity contribution in [3.05, 3.63) is 33.7 Å². The van der Waals surface area contributed by atoms with Gasteiger partial charge in [0, 0.05) is 31.0 Å². The van der Waals surface area contributed by atoms with Gasteiger partial charge in [0.1, 0.15) is 5.56 Å². The van der Waals surface area contributed by atoms with Crippen LogP contribution in [0.25, 0.3) is 0 Å². The number of nitrogens with zero attached hydrogens (tertiary/aromatic N) is 1. The second-order valence-corrected chi connectivity index (χ2v) is 4.70. The van der Waals surface area contributed by atoms with Crippen LogP contribution in [-0.2, 0) is 0 Å². The van der Waals surface area contributed by atoms with Gasteiger partial charge in [0.25, 0.3) is 5.91 Å². The fourth-order valence-corrected chi connectivity index (χ4v) is 2.18. The Morgan fingerprint density at radius 2 is 2.17 bits per heavy atom. The molecule has 1 saturated heterocycles. The Morgan fingerprint density at radius 3 is 2.83 bits per heavy atom. The molecule has 1 fully saturated rings. The first-order chi connectivity index (χ1) is 8.66. The molecule has 0 aromatic carbocycles. The van der Waals surface area contributed by atoms with E-state index in [1.807, 2.05) is 0 Å². The highest BCUT2D eigenvalue weighted by Crippen LogP contribution is 2.05. The lowest BCUT2D eigenvalue weighted by Crippen LogP contribution is -2.35. The predicted molar refractivity (Wildman–Crippen MR) is 69.8 cm³/mol. The zero-order valence-corrected chi connectivity index (χ0v) is 10.7. The van der Waals surface area contributed by atoms with E-state index in [1.165, 1.54) is 25.1 Å². The van der Waals surface area contributed by atoms with Gasteiger partial charge < -0.3 is 15.2 Å². The van der Waals surface area contributed by atoms with Gasteiger partial charge in [0.15, 0.2) is 5.43 Å². The summed E-state index contributed by atoms with van der Waals surface area (Å²) in [6.07, 6.45) is 3.96. The van der Waals surface area contributed by atoms with Gasteiger partial charge in [-0.15, -0.1) is 0 Å². The van der Waals surface area contributed by atoms with Crippen molar-refractivity contribution in [2.75, 3.05) is 26.2 Å². The molecule has 1 aromatic heterocycles. The highest BCUT2D eigenvalue weighted by Gasteiger charge is 2.13. The van der Waals surface area contributed by atoms with Crippen molar-refractivity contribution in [1.29, 1.82) is 0 Å². The van der Waals surface area contributed by atoms with E-state index in [-0.39, 0.29) is 16.9 Å². The van der Waals surface area contributed by atoms with E-state index in [0.717, 1.165) is 25.3 Å². The SMILES string of the molecule is Cc1cc(=O)c(C(=O)NCCN2CCCC2)c[nH]1. The number of carbonyl (C=O) groups excluding carboxylic acids is 1. The van der Waals surface area contributed by atoms with Crippen LogP contribution in [0.1, 0.15) is 28.9 Å². The van der Waals surface area contributed by atoms with Crippen molar-refractivity contribution < 1.29 is 4.79 Å². The number of pyridine rings is 1. The van der Waals surface area contributed by atoms with Gasteiger partial charge >= 0.3 is 0 Å². The lowest BCUT2D eigenvalue weighted by molar-refractivity contribution is 0.0948. The topological polar surface area (TPSA) is 65.2 Å². The number of nitrogens with one attached hydrogen (secondary N) is 2. The lowest BCUT2D eigenvalue weighted by Gasteiger charge is -2.14. The number of hydrogen-bond acceptors (Lipinski definition) is 3. The lowest BCUT2D eigenvalue weighted by atomic mass is 10.2. The molecular formula is C13H19N3O2. The molecule has 1 amide bonds. The fraction of sp³-hybridized carbons (Fsp3) is 0.538. The average molecular weight is 249 g/mol. The Balaban J connectivity index is 1.85. The van der Waals surface area contributed by atoms with Crippen molar-refractivity contribution in [2.24, 2.45) is 0 Å². The third-order valence-corrected chi connectivity index (χ3v) is 3.21. The summed E-state index contributed by atoms with van der Waals surface area (Å²) in [4.78, 5) is 28.6. The van der Waals surface area contributed by atoms with Gasteiger partial charge in [-0.25, -0.2) is 0 Å². The summed E-state index contributed by atoms with van der Waals surface area (Å²) in [6, 6.07) is 1.44. The molecule has 0 saturated carbocycles. The average Bonchev–Trinajstić information content (AvgIpc) is 2.81. The van der Waals surface area contributed by atoms with Crippen LogP contribution in [0.3, 0.4) is 0 Å². The van der Waals surface area contributed by atoms with Crippen molar-refractivity contribution in [3.63, 3.8) is 0 Å². The highest BCUT2D eigenvalue weighted by atomic mass is 16.2. The first kappa shape index (κ1) is 12.8. The van der Waals surface area contributed by atoms with Crippen LogP contribution in [0.2, 0.25) is 0 Å². The van der Waals surface area contributed by atoms with Crippen LogP contribution in [-0.4, -0.2) is 42.0 Å². The summed E-state index contributed by atoms with van der Waals surface area (Å²) in [5.74, 6) is -0.296. The number of hydrogen-bond donors (Lipinski definition) is 2. The quantitative estimate of drug-likeness (QED) is 0.817. The van der Waals surface area contributed by atoms with Gasteiger partial charge in [-0.2, -0.15) is 0 Å². The van der Waals surface area contributed by atoms with E-state index in [9.17, 15) is 9.59 Å². The Kier molecular flexibility index (Phi) is 4.15. The van der Waals surface area contributed by atoms with Crippen LogP contribution in [0.4, 0.5) is 0 Å². The highest BCUT2D eigenvalue weighted by molar-refractivity contribution is 5.93. The summed E-state index contributed by atoms with van der Waals surface area (Å²) in [5, 5.41) is 2.79. The Morgan fingerprint density at radius 1 is 1.44 bits per heavy atom. The third-order valence-electron chi connectivity index (χ3n) is 3.21. The first-order valence-electron chi connectivity index (χ1n) is 6.37. The van der Waals surface area contributed by atoms with E-state index in [2.05, 4.69) is 15.2 Å². The number of H-pyrrole nitrogens is 1. The number of carbonyl (C=O) groups is 1. The van der Waals surface area contributed by atoms with Crippen LogP contribution >= 0.6 is 0 Å². The second-order valence-electron chi connectivity index (χ2n) is 4.70. The molecule has 1 aliphatic heterocycles. The van der Waals surface area contributed by atoms with Crippen LogP contribution in [0.15, 0.2) is 17.1 Å². The number of amides is 1. The summed E-state index contributed by atoms with van der Waals surface area (Å²) in [6.45, 7) is 5.46. The standard InChI is InChI=1S/C13H19N3O2/c1-10-8-12(17)11(9-15-10)13(18)14-4-7-16-5-2-3-6-16/h8-9H,2-7H2,1H3,(H,14,18)(H,15,17). The van der Waals surface area contributed by atoms with Crippen LogP contribution < -0.4 is 10.7 Å². The number of rotatable bonds is 4. The van der Waals surface area contributed by atoms with E-state index in [0.29, 0.717) is 6.54 Å². The van der Waals surface area contributed by atoms with Crippen molar-refractivity contribution in [1.82, 2.24) is 15.2 Å². The molecule has 5 nitrogen and oxygen atoms in total. The molecule has 0 bridgehead atoms. The van der Waals surface area contributed by atoms with E-state index in [1.54, 1.807) is 6.92 Å². The van der Waals surface area contributed by atoms with E-state index in [4.69, 9.17) is 0 Å². The normalized spacial score (nSPS) is 15.8. The molecule has 0 atom stereocenters. The van der Waals surface area contributed by atoms with Gasteiger partial charge in [-0.05, 0) is 32.9 Å². The molecule has 0 spiro atoms. The Hall–Kier alpha value is -1.62. The minimum atomic E-state index is -0.296. The van der Waals surface area contributed by atoms with Crippen molar-refractivity contribution >= 4 is 5.91 Å². The summed E-state index contributed by atoms with van der Waals surface area (Å²) >= 11 is 0. The molecule has 2 N–H and O–H groups in total. The minimum absolute atomic E-state index is 0.182. The van der Waals surface area contributed by atoms with E-state index < -0.39 is 0 Å². The van der Waals surface area contributed by atoms with Crippen molar-refractivity contribution in [2.45, 2.75) is 19.8 Å². The monoisotopic (exact) mass is 249 g/mol. The molecular weight excluding hydrogens is 230 g/mol. The van der Waals surface area contributed by atoms with Crippen LogP contribution in [0.5, 0.6) is 0 Å². The maximum absolute atomic E-state index is 11.8. The first-order valence-corrected chi connectivity index (χ1v) is 6.37. The third kappa shape index (κ3) is 3.20. The van der Waals surface area contributed by atoms with Gasteiger partial charge in [0.05, 0.1) is 0 Å². The summed E-state index contributed by atoms with van der Waals surface area (Å²) < 4.78 is 0. The zero-order valence-electron chi connectivity index (χ0n) is 10.7. The van der Waals surface area contributed by atoms with Gasteiger partial charge in [-0.1, -0.05) is 0 Å². The van der Waals surface area contributed by atoms with Gasteiger partial charge in [-0.3, -0.25) is 9.59 Å². The predicted octanol–water partition coefficient (Wildman–Crippen LogP) is 0.509. The minimum Gasteiger partial charge on any atom is -0.364 e.